The topological polar surface area (TPSA) is 125 Å². The molecule has 3 amide bonds. The lowest BCUT2D eigenvalue weighted by Gasteiger charge is -2.40. The zero-order valence-electron chi connectivity index (χ0n) is 25.7. The summed E-state index contributed by atoms with van der Waals surface area (Å²) in [5.41, 5.74) is -0.593. The van der Waals surface area contributed by atoms with Gasteiger partial charge in [-0.1, -0.05) is 65.3 Å². The van der Waals surface area contributed by atoms with Crippen LogP contribution in [0.5, 0.6) is 0 Å². The van der Waals surface area contributed by atoms with Crippen molar-refractivity contribution in [3.8, 4) is 0 Å². The highest BCUT2D eigenvalue weighted by Crippen LogP contribution is 2.61. The van der Waals surface area contributed by atoms with Gasteiger partial charge in [0.25, 0.3) is 0 Å². The maximum atomic E-state index is 14.3. The summed E-state index contributed by atoms with van der Waals surface area (Å²) in [5.74, 6) is -3.50. The van der Waals surface area contributed by atoms with E-state index in [9.17, 15) is 24.3 Å². The van der Waals surface area contributed by atoms with Crippen LogP contribution in [0.2, 0.25) is 0 Å². The molecule has 3 saturated heterocycles. The van der Waals surface area contributed by atoms with Crippen LogP contribution in [0.1, 0.15) is 58.1 Å². The van der Waals surface area contributed by atoms with Gasteiger partial charge in [0.1, 0.15) is 17.7 Å². The van der Waals surface area contributed by atoms with E-state index in [0.717, 1.165) is 0 Å². The van der Waals surface area contributed by atoms with Crippen molar-refractivity contribution in [2.24, 2.45) is 11.8 Å². The van der Waals surface area contributed by atoms with Gasteiger partial charge in [-0.3, -0.25) is 19.2 Å². The molecule has 0 aromatic heterocycles. The molecular formula is C33H44BrN3O7. The van der Waals surface area contributed by atoms with Crippen LogP contribution in [-0.4, -0.2) is 93.0 Å². The number of rotatable bonds is 15. The van der Waals surface area contributed by atoms with E-state index in [4.69, 9.17) is 9.47 Å². The molecule has 44 heavy (non-hydrogen) atoms. The number of aliphatic hydroxyl groups excluding tert-OH is 1. The highest BCUT2D eigenvalue weighted by atomic mass is 79.9. The van der Waals surface area contributed by atoms with Crippen LogP contribution >= 0.6 is 15.9 Å². The third-order valence-electron chi connectivity index (χ3n) is 9.03. The smallest absolute Gasteiger partial charge is 0.313 e. The number of alkyl halides is 1. The minimum absolute atomic E-state index is 0.0476. The Balaban J connectivity index is 1.69. The lowest BCUT2D eigenvalue weighted by atomic mass is 9.70. The number of carbonyl (C=O) groups excluding carboxylic acids is 4. The molecule has 0 saturated carbocycles. The Labute approximate surface area is 267 Å². The molecule has 1 unspecified atom stereocenters. The first-order valence-electron chi connectivity index (χ1n) is 15.3. The predicted octanol–water partition coefficient (Wildman–Crippen LogP) is 3.30. The van der Waals surface area contributed by atoms with Gasteiger partial charge in [-0.15, -0.1) is 13.2 Å². The number of aliphatic hydroxyl groups is 1. The minimum Gasteiger partial charge on any atom is -0.455 e. The molecule has 3 heterocycles. The zero-order valence-corrected chi connectivity index (χ0v) is 27.3. The van der Waals surface area contributed by atoms with Crippen LogP contribution in [0.3, 0.4) is 0 Å². The van der Waals surface area contributed by atoms with Gasteiger partial charge in [0.05, 0.1) is 37.1 Å². The predicted molar refractivity (Wildman–Crippen MR) is 168 cm³/mol. The quantitative estimate of drug-likeness (QED) is 0.166. The number of benzene rings is 1. The number of likely N-dealkylation sites (tertiary alicyclic amines) is 1. The van der Waals surface area contributed by atoms with Crippen LogP contribution in [0.25, 0.3) is 0 Å². The summed E-state index contributed by atoms with van der Waals surface area (Å²) in [6, 6.07) is 7.25. The number of halogens is 1. The third kappa shape index (κ3) is 6.23. The standard InChI is InChI=1S/C33H44BrN3O7/c1-6-9-15-25(39)35-18-24(21-13-11-10-12-14-21)43-32(42)26-27-30(40)37(22(8-3)19-38)29(31(41)36(16-7-2)20(4)5)33(27)17-23(34)28(26)44-33/h6-7,10-14,20,22-24,26-29,38H,1-2,8-9,15-19H2,3-5H3,(H,35,39)/t22-,23?,24+,26+,27-,28+,29+,33-/m0/s1. The fourth-order valence-electron chi connectivity index (χ4n) is 6.92. The number of esters is 1. The van der Waals surface area contributed by atoms with Crippen molar-refractivity contribution in [3.05, 3.63) is 61.2 Å². The second-order valence-electron chi connectivity index (χ2n) is 12.0. The summed E-state index contributed by atoms with van der Waals surface area (Å²) in [5, 5.41) is 13.1. The fraction of sp³-hybridized carbons (Fsp3) is 0.576. The first-order chi connectivity index (χ1) is 21.1. The van der Waals surface area contributed by atoms with E-state index in [2.05, 4.69) is 34.4 Å². The lowest BCUT2D eigenvalue weighted by molar-refractivity contribution is -0.161. The molecule has 3 aliphatic rings. The van der Waals surface area contributed by atoms with Gasteiger partial charge in [0.15, 0.2) is 0 Å². The van der Waals surface area contributed by atoms with Crippen molar-refractivity contribution >= 4 is 39.6 Å². The molecule has 4 rings (SSSR count). The van der Waals surface area contributed by atoms with Crippen molar-refractivity contribution in [1.29, 1.82) is 0 Å². The Morgan fingerprint density at radius 1 is 1.25 bits per heavy atom. The summed E-state index contributed by atoms with van der Waals surface area (Å²) in [6.45, 7) is 13.1. The number of amides is 3. The molecule has 240 valence electrons. The van der Waals surface area contributed by atoms with Gasteiger partial charge < -0.3 is 29.7 Å². The molecule has 2 bridgehead atoms. The maximum Gasteiger partial charge on any atom is 0.313 e. The lowest BCUT2D eigenvalue weighted by Crippen LogP contribution is -2.59. The molecule has 1 spiro atoms. The van der Waals surface area contributed by atoms with E-state index in [1.54, 1.807) is 17.1 Å². The average molecular weight is 675 g/mol. The van der Waals surface area contributed by atoms with Crippen molar-refractivity contribution in [1.82, 2.24) is 15.1 Å². The summed E-state index contributed by atoms with van der Waals surface area (Å²) < 4.78 is 12.7. The van der Waals surface area contributed by atoms with E-state index >= 15 is 0 Å². The summed E-state index contributed by atoms with van der Waals surface area (Å²) >= 11 is 3.69. The average Bonchev–Trinajstić information content (AvgIpc) is 3.61. The van der Waals surface area contributed by atoms with Crippen molar-refractivity contribution in [2.75, 3.05) is 19.7 Å². The van der Waals surface area contributed by atoms with E-state index in [-0.39, 0.29) is 48.8 Å². The number of nitrogens with one attached hydrogen (secondary N) is 1. The van der Waals surface area contributed by atoms with Crippen LogP contribution in [0.15, 0.2) is 55.6 Å². The van der Waals surface area contributed by atoms with Gasteiger partial charge in [-0.05, 0) is 38.7 Å². The Morgan fingerprint density at radius 2 is 1.95 bits per heavy atom. The van der Waals surface area contributed by atoms with Crippen molar-refractivity contribution < 1.29 is 33.8 Å². The van der Waals surface area contributed by atoms with E-state index < -0.39 is 53.6 Å². The van der Waals surface area contributed by atoms with Gasteiger partial charge in [-0.2, -0.15) is 0 Å². The molecule has 0 aliphatic carbocycles. The second kappa shape index (κ2) is 14.4. The van der Waals surface area contributed by atoms with Crippen LogP contribution in [0, 0.1) is 11.8 Å². The Kier molecular flexibility index (Phi) is 11.1. The summed E-state index contributed by atoms with van der Waals surface area (Å²) in [6.07, 6.45) is 3.32. The second-order valence-corrected chi connectivity index (χ2v) is 13.2. The highest BCUT2D eigenvalue weighted by molar-refractivity contribution is 9.09. The highest BCUT2D eigenvalue weighted by Gasteiger charge is 2.77. The molecule has 1 aromatic rings. The number of ether oxygens (including phenoxy) is 2. The number of carbonyl (C=O) groups is 4. The van der Waals surface area contributed by atoms with Crippen molar-refractivity contribution in [2.45, 2.75) is 87.2 Å². The molecule has 3 aliphatic heterocycles. The molecule has 1 aromatic carbocycles. The third-order valence-corrected chi connectivity index (χ3v) is 9.88. The molecule has 2 N–H and O–H groups in total. The monoisotopic (exact) mass is 673 g/mol. The fourth-order valence-corrected chi connectivity index (χ4v) is 7.86. The van der Waals surface area contributed by atoms with Gasteiger partial charge in [0.2, 0.25) is 17.7 Å². The van der Waals surface area contributed by atoms with E-state index in [1.165, 1.54) is 4.90 Å². The molecule has 3 fully saturated rings. The van der Waals surface area contributed by atoms with Gasteiger partial charge >= 0.3 is 5.97 Å². The molecule has 10 nitrogen and oxygen atoms in total. The SMILES string of the molecule is C=CCCC(=O)NC[C@@H](OC(=O)[C@H]1[C@@H]2O[C@@]3(CC2Br)[C@@H]1C(=O)N([C@@H](CC)CO)[C@@H]3C(=O)N(CC=C)C(C)C)c1ccccc1. The van der Waals surface area contributed by atoms with Gasteiger partial charge in [-0.25, -0.2) is 0 Å². The molecular weight excluding hydrogens is 630 g/mol. The summed E-state index contributed by atoms with van der Waals surface area (Å²) in [7, 11) is 0. The number of allylic oxidation sites excluding steroid dienone is 1. The largest absolute Gasteiger partial charge is 0.455 e. The van der Waals surface area contributed by atoms with Gasteiger partial charge in [0, 0.05) is 23.8 Å². The van der Waals surface area contributed by atoms with Crippen molar-refractivity contribution in [3.63, 3.8) is 0 Å². The maximum absolute atomic E-state index is 14.3. The first kappa shape index (κ1) is 33.9. The number of hydrogen-bond acceptors (Lipinski definition) is 7. The molecule has 8 atom stereocenters. The molecule has 0 radical (unpaired) electrons. The number of hydrogen-bond donors (Lipinski definition) is 2. The van der Waals surface area contributed by atoms with Crippen LogP contribution in [-0.2, 0) is 28.7 Å². The number of fused-ring (bicyclic) bond motifs is 1. The normalized spacial score (nSPS) is 28.4. The van der Waals surface area contributed by atoms with Crippen LogP contribution < -0.4 is 5.32 Å². The number of nitrogens with zero attached hydrogens (tertiary/aromatic N) is 2. The summed E-state index contributed by atoms with van der Waals surface area (Å²) in [4.78, 5) is 58.0. The molecule has 11 heteroatoms. The van der Waals surface area contributed by atoms with E-state index in [1.807, 2.05) is 51.1 Å². The first-order valence-corrected chi connectivity index (χ1v) is 16.3. The minimum atomic E-state index is -1.28. The Bertz CT molecular complexity index is 1240. The zero-order chi connectivity index (χ0) is 32.2. The Morgan fingerprint density at radius 3 is 2.55 bits per heavy atom. The Hall–Kier alpha value is -3.02. The van der Waals surface area contributed by atoms with Crippen LogP contribution in [0.4, 0.5) is 0 Å². The van der Waals surface area contributed by atoms with E-state index in [0.29, 0.717) is 24.8 Å².